The summed E-state index contributed by atoms with van der Waals surface area (Å²) in [4.78, 5) is 4.48. The van der Waals surface area contributed by atoms with E-state index < -0.39 is 6.17 Å². The van der Waals surface area contributed by atoms with E-state index >= 15 is 0 Å². The number of hydrogen-bond donors (Lipinski definition) is 0. The number of fused-ring (bicyclic) bond motifs is 1. The third-order valence-electron chi connectivity index (χ3n) is 3.49. The molecule has 2 nitrogen and oxygen atoms in total. The van der Waals surface area contributed by atoms with Crippen LogP contribution in [-0.2, 0) is 4.74 Å². The lowest BCUT2D eigenvalue weighted by molar-refractivity contribution is 0.137. The van der Waals surface area contributed by atoms with Crippen molar-refractivity contribution in [3.63, 3.8) is 0 Å². The molecule has 2 aliphatic rings. The number of ether oxygens (including phenoxy) is 1. The summed E-state index contributed by atoms with van der Waals surface area (Å²) in [5.74, 6) is 0.629. The molecule has 84 valence electrons. The molecule has 3 rings (SSSR count). The molecule has 16 heavy (non-hydrogen) atoms. The van der Waals surface area contributed by atoms with Crippen molar-refractivity contribution in [2.24, 2.45) is 10.9 Å². The molecular weight excluding hydrogens is 205 g/mol. The molecule has 0 radical (unpaired) electrons. The van der Waals surface area contributed by atoms with Crippen LogP contribution in [0.3, 0.4) is 0 Å². The summed E-state index contributed by atoms with van der Waals surface area (Å²) in [5.41, 5.74) is 0.986. The second-order valence-electron chi connectivity index (χ2n) is 4.56. The van der Waals surface area contributed by atoms with E-state index in [9.17, 15) is 4.39 Å². The molecule has 1 aromatic carbocycles. The Morgan fingerprint density at radius 1 is 1.31 bits per heavy atom. The molecule has 1 aliphatic heterocycles. The molecule has 1 heterocycles. The molecule has 1 aliphatic carbocycles. The standard InChI is InChI=1S/C13H14FNO/c1-8-10(14)7-11-12(8)16-13(15-11)9-5-3-2-4-6-9/h2-6,8,10-12H,7H2,1H3/t8-,10+,11-,12+/m1/s1. The Morgan fingerprint density at radius 2 is 2.06 bits per heavy atom. The molecule has 4 atom stereocenters. The first kappa shape index (κ1) is 9.82. The van der Waals surface area contributed by atoms with E-state index in [0.717, 1.165) is 5.56 Å². The quantitative estimate of drug-likeness (QED) is 0.711. The number of aliphatic imine (C=N–C) groups is 1. The summed E-state index contributed by atoms with van der Waals surface area (Å²) >= 11 is 0. The van der Waals surface area contributed by atoms with E-state index in [4.69, 9.17) is 4.74 Å². The van der Waals surface area contributed by atoms with Gasteiger partial charge >= 0.3 is 0 Å². The van der Waals surface area contributed by atoms with E-state index in [2.05, 4.69) is 4.99 Å². The van der Waals surface area contributed by atoms with Gasteiger partial charge in [-0.1, -0.05) is 25.1 Å². The van der Waals surface area contributed by atoms with Crippen molar-refractivity contribution in [1.29, 1.82) is 0 Å². The lowest BCUT2D eigenvalue weighted by Crippen LogP contribution is -2.23. The van der Waals surface area contributed by atoms with Crippen molar-refractivity contribution in [3.8, 4) is 0 Å². The first-order chi connectivity index (χ1) is 7.75. The van der Waals surface area contributed by atoms with Crippen LogP contribution in [0.2, 0.25) is 0 Å². The monoisotopic (exact) mass is 219 g/mol. The van der Waals surface area contributed by atoms with Gasteiger partial charge in [-0.3, -0.25) is 0 Å². The van der Waals surface area contributed by atoms with E-state index in [0.29, 0.717) is 12.3 Å². The largest absolute Gasteiger partial charge is 0.471 e. The van der Waals surface area contributed by atoms with Gasteiger partial charge in [-0.15, -0.1) is 0 Å². The number of halogens is 1. The number of nitrogens with zero attached hydrogens (tertiary/aromatic N) is 1. The Labute approximate surface area is 94.1 Å². The normalized spacial score (nSPS) is 36.8. The van der Waals surface area contributed by atoms with Crippen molar-refractivity contribution in [1.82, 2.24) is 0 Å². The predicted octanol–water partition coefficient (Wildman–Crippen LogP) is 2.58. The topological polar surface area (TPSA) is 21.6 Å². The van der Waals surface area contributed by atoms with Gasteiger partial charge in [0.25, 0.3) is 0 Å². The van der Waals surface area contributed by atoms with Gasteiger partial charge in [-0.05, 0) is 12.1 Å². The highest BCUT2D eigenvalue weighted by molar-refractivity contribution is 5.95. The molecule has 1 aromatic rings. The first-order valence-corrected chi connectivity index (χ1v) is 5.69. The third kappa shape index (κ3) is 1.42. The van der Waals surface area contributed by atoms with Crippen molar-refractivity contribution >= 4 is 5.90 Å². The lowest BCUT2D eigenvalue weighted by atomic mass is 10.1. The zero-order valence-corrected chi connectivity index (χ0v) is 9.14. The van der Waals surface area contributed by atoms with Crippen molar-refractivity contribution in [3.05, 3.63) is 35.9 Å². The number of alkyl halides is 1. The summed E-state index contributed by atoms with van der Waals surface area (Å²) in [6.07, 6.45) is -0.330. The second-order valence-corrected chi connectivity index (χ2v) is 4.56. The molecule has 1 fully saturated rings. The average Bonchev–Trinajstić information content (AvgIpc) is 2.82. The number of benzene rings is 1. The lowest BCUT2D eigenvalue weighted by Gasteiger charge is -2.15. The maximum absolute atomic E-state index is 13.4. The van der Waals surface area contributed by atoms with Crippen molar-refractivity contribution < 1.29 is 9.13 Å². The van der Waals surface area contributed by atoms with Gasteiger partial charge in [0.2, 0.25) is 5.90 Å². The zero-order valence-electron chi connectivity index (χ0n) is 9.14. The van der Waals surface area contributed by atoms with Crippen LogP contribution in [0.4, 0.5) is 4.39 Å². The number of rotatable bonds is 1. The SMILES string of the molecule is C[C@H]1[C@@H]2OC(c3ccccc3)=N[C@@H]2C[C@@H]1F. The highest BCUT2D eigenvalue weighted by atomic mass is 19.1. The maximum Gasteiger partial charge on any atom is 0.216 e. The molecule has 0 N–H and O–H groups in total. The highest BCUT2D eigenvalue weighted by Gasteiger charge is 2.46. The van der Waals surface area contributed by atoms with E-state index in [-0.39, 0.29) is 18.1 Å². The molecule has 0 aromatic heterocycles. The van der Waals surface area contributed by atoms with Gasteiger partial charge in [-0.25, -0.2) is 9.38 Å². The van der Waals surface area contributed by atoms with Crippen LogP contribution in [-0.4, -0.2) is 24.2 Å². The Morgan fingerprint density at radius 3 is 2.75 bits per heavy atom. The van der Waals surface area contributed by atoms with E-state index in [1.807, 2.05) is 37.3 Å². The van der Waals surface area contributed by atoms with Crippen LogP contribution < -0.4 is 0 Å². The first-order valence-electron chi connectivity index (χ1n) is 5.69. The summed E-state index contributed by atoms with van der Waals surface area (Å²) < 4.78 is 19.2. The van der Waals surface area contributed by atoms with Crippen LogP contribution in [0.25, 0.3) is 0 Å². The van der Waals surface area contributed by atoms with Crippen LogP contribution in [0.1, 0.15) is 18.9 Å². The minimum absolute atomic E-state index is 0.0141. The maximum atomic E-state index is 13.4. The molecule has 1 saturated carbocycles. The number of hydrogen-bond acceptors (Lipinski definition) is 2. The van der Waals surface area contributed by atoms with Crippen molar-refractivity contribution in [2.75, 3.05) is 0 Å². The Hall–Kier alpha value is -1.38. The molecule has 0 saturated heterocycles. The molecule has 0 spiro atoms. The van der Waals surface area contributed by atoms with Crippen LogP contribution in [0.5, 0.6) is 0 Å². The van der Waals surface area contributed by atoms with Gasteiger partial charge in [0, 0.05) is 17.9 Å². The molecule has 0 unspecified atom stereocenters. The van der Waals surface area contributed by atoms with Gasteiger partial charge in [0.15, 0.2) is 0 Å². The average molecular weight is 219 g/mol. The smallest absolute Gasteiger partial charge is 0.216 e. The van der Waals surface area contributed by atoms with Crippen LogP contribution in [0, 0.1) is 5.92 Å². The van der Waals surface area contributed by atoms with Gasteiger partial charge < -0.3 is 4.74 Å². The fourth-order valence-corrected chi connectivity index (χ4v) is 2.48. The fraction of sp³-hybridized carbons (Fsp3) is 0.462. The Bertz CT molecular complexity index is 417. The van der Waals surface area contributed by atoms with Crippen LogP contribution in [0.15, 0.2) is 35.3 Å². The highest BCUT2D eigenvalue weighted by Crippen LogP contribution is 2.37. The molecule has 0 bridgehead atoms. The summed E-state index contributed by atoms with van der Waals surface area (Å²) in [6.45, 7) is 1.90. The Kier molecular flexibility index (Phi) is 2.20. The van der Waals surface area contributed by atoms with E-state index in [1.165, 1.54) is 0 Å². The minimum Gasteiger partial charge on any atom is -0.471 e. The minimum atomic E-state index is -0.768. The van der Waals surface area contributed by atoms with Gasteiger partial charge in [0.1, 0.15) is 12.3 Å². The third-order valence-corrected chi connectivity index (χ3v) is 3.49. The van der Waals surface area contributed by atoms with Gasteiger partial charge in [-0.2, -0.15) is 0 Å². The fourth-order valence-electron chi connectivity index (χ4n) is 2.48. The summed E-state index contributed by atoms with van der Waals surface area (Å²) in [5, 5.41) is 0. The summed E-state index contributed by atoms with van der Waals surface area (Å²) in [7, 11) is 0. The molecular formula is C13H14FNO. The van der Waals surface area contributed by atoms with E-state index in [1.54, 1.807) is 0 Å². The predicted molar refractivity (Wildman–Crippen MR) is 60.3 cm³/mol. The molecule has 0 amide bonds. The van der Waals surface area contributed by atoms with Crippen LogP contribution >= 0.6 is 0 Å². The zero-order chi connectivity index (χ0) is 11.1. The van der Waals surface area contributed by atoms with Gasteiger partial charge in [0.05, 0.1) is 6.04 Å². The Balaban J connectivity index is 1.85. The van der Waals surface area contributed by atoms with Crippen molar-refractivity contribution in [2.45, 2.75) is 31.7 Å². The molecule has 3 heteroatoms. The second kappa shape index (κ2) is 3.58. The summed E-state index contributed by atoms with van der Waals surface area (Å²) in [6, 6.07) is 9.82.